The normalized spacial score (nSPS) is 16.5. The molecule has 2 atom stereocenters. The zero-order chi connectivity index (χ0) is 22.2. The molecule has 1 aliphatic rings. The van der Waals surface area contributed by atoms with E-state index in [4.69, 9.17) is 9.47 Å². The van der Waals surface area contributed by atoms with Crippen LogP contribution in [0.2, 0.25) is 0 Å². The number of amides is 2. The number of carbonyl (C=O) groups is 3. The van der Waals surface area contributed by atoms with E-state index in [1.54, 1.807) is 18.2 Å². The van der Waals surface area contributed by atoms with Gasteiger partial charge in [-0.25, -0.2) is 14.0 Å². The Kier molecular flexibility index (Phi) is 7.59. The zero-order valence-corrected chi connectivity index (χ0v) is 17.3. The van der Waals surface area contributed by atoms with Gasteiger partial charge in [0.25, 0.3) is 0 Å². The van der Waals surface area contributed by atoms with Crippen LogP contribution in [-0.2, 0) is 32.1 Å². The van der Waals surface area contributed by atoms with E-state index in [2.05, 4.69) is 5.32 Å². The first-order valence-electron chi connectivity index (χ1n) is 10.1. The summed E-state index contributed by atoms with van der Waals surface area (Å²) in [6.45, 7) is 0.477. The summed E-state index contributed by atoms with van der Waals surface area (Å²) in [5.74, 6) is -1.66. The van der Waals surface area contributed by atoms with Gasteiger partial charge in [0.05, 0.1) is 7.11 Å². The SMILES string of the molecule is COC(=O)[C@H](Cc1ccccc1F)NC(=O)[C@H]1CCCN1C(=O)OCc1ccccc1. The lowest BCUT2D eigenvalue weighted by atomic mass is 10.0. The van der Waals surface area contributed by atoms with Crippen LogP contribution in [0.5, 0.6) is 0 Å². The number of hydrogen-bond acceptors (Lipinski definition) is 5. The largest absolute Gasteiger partial charge is 0.467 e. The summed E-state index contributed by atoms with van der Waals surface area (Å²) in [7, 11) is 1.20. The summed E-state index contributed by atoms with van der Waals surface area (Å²) in [4.78, 5) is 39.0. The molecule has 0 bridgehead atoms. The van der Waals surface area contributed by atoms with Crippen LogP contribution < -0.4 is 5.32 Å². The summed E-state index contributed by atoms with van der Waals surface area (Å²) in [6, 6.07) is 13.4. The van der Waals surface area contributed by atoms with E-state index in [0.717, 1.165) is 5.56 Å². The second-order valence-corrected chi connectivity index (χ2v) is 7.27. The minimum absolute atomic E-state index is 0.0593. The van der Waals surface area contributed by atoms with Gasteiger partial charge >= 0.3 is 12.1 Å². The number of methoxy groups -OCH3 is 1. The highest BCUT2D eigenvalue weighted by Gasteiger charge is 2.37. The highest BCUT2D eigenvalue weighted by atomic mass is 19.1. The quantitative estimate of drug-likeness (QED) is 0.686. The maximum Gasteiger partial charge on any atom is 0.410 e. The average Bonchev–Trinajstić information content (AvgIpc) is 3.29. The van der Waals surface area contributed by atoms with Gasteiger partial charge < -0.3 is 14.8 Å². The maximum atomic E-state index is 14.0. The number of nitrogens with zero attached hydrogens (tertiary/aromatic N) is 1. The van der Waals surface area contributed by atoms with Crippen LogP contribution in [0, 0.1) is 5.82 Å². The number of hydrogen-bond donors (Lipinski definition) is 1. The third-order valence-corrected chi connectivity index (χ3v) is 5.18. The predicted octanol–water partition coefficient (Wildman–Crippen LogP) is 2.83. The number of rotatable bonds is 7. The number of likely N-dealkylation sites (tertiary alicyclic amines) is 1. The molecule has 3 rings (SSSR count). The summed E-state index contributed by atoms with van der Waals surface area (Å²) >= 11 is 0. The smallest absolute Gasteiger partial charge is 0.410 e. The molecule has 0 aliphatic carbocycles. The van der Waals surface area contributed by atoms with Gasteiger partial charge in [0.15, 0.2) is 0 Å². The fourth-order valence-corrected chi connectivity index (χ4v) is 3.55. The van der Waals surface area contributed by atoms with Crippen molar-refractivity contribution in [3.8, 4) is 0 Å². The number of halogens is 1. The zero-order valence-electron chi connectivity index (χ0n) is 17.3. The first-order valence-corrected chi connectivity index (χ1v) is 10.1. The Morgan fingerprint density at radius 2 is 1.84 bits per heavy atom. The van der Waals surface area contributed by atoms with Gasteiger partial charge in [-0.2, -0.15) is 0 Å². The fraction of sp³-hybridized carbons (Fsp3) is 0.348. The second kappa shape index (κ2) is 10.6. The molecule has 31 heavy (non-hydrogen) atoms. The van der Waals surface area contributed by atoms with Gasteiger partial charge in [-0.15, -0.1) is 0 Å². The second-order valence-electron chi connectivity index (χ2n) is 7.27. The van der Waals surface area contributed by atoms with E-state index >= 15 is 0 Å². The summed E-state index contributed by atoms with van der Waals surface area (Å²) in [5.41, 5.74) is 1.12. The van der Waals surface area contributed by atoms with Gasteiger partial charge in [-0.05, 0) is 30.0 Å². The van der Waals surface area contributed by atoms with Crippen molar-refractivity contribution in [1.82, 2.24) is 10.2 Å². The Morgan fingerprint density at radius 1 is 1.13 bits per heavy atom. The molecule has 0 spiro atoms. The van der Waals surface area contributed by atoms with Crippen molar-refractivity contribution in [3.63, 3.8) is 0 Å². The van der Waals surface area contributed by atoms with Gasteiger partial charge in [-0.1, -0.05) is 48.5 Å². The van der Waals surface area contributed by atoms with E-state index in [-0.39, 0.29) is 18.6 Å². The molecule has 2 aromatic carbocycles. The molecule has 8 heteroatoms. The Hall–Kier alpha value is -3.42. The van der Waals surface area contributed by atoms with Crippen molar-refractivity contribution in [2.75, 3.05) is 13.7 Å². The molecule has 164 valence electrons. The number of nitrogens with one attached hydrogen (secondary N) is 1. The summed E-state index contributed by atoms with van der Waals surface area (Å²) in [5, 5.41) is 2.61. The van der Waals surface area contributed by atoms with Crippen molar-refractivity contribution in [3.05, 3.63) is 71.5 Å². The molecule has 0 aromatic heterocycles. The van der Waals surface area contributed by atoms with Gasteiger partial charge in [0.2, 0.25) is 5.91 Å². The molecule has 1 N–H and O–H groups in total. The Bertz CT molecular complexity index is 921. The lowest BCUT2D eigenvalue weighted by Crippen LogP contribution is -2.51. The molecule has 0 saturated carbocycles. The molecular formula is C23H25FN2O5. The minimum atomic E-state index is -1.07. The van der Waals surface area contributed by atoms with E-state index in [9.17, 15) is 18.8 Å². The fourth-order valence-electron chi connectivity index (χ4n) is 3.55. The maximum absolute atomic E-state index is 14.0. The third kappa shape index (κ3) is 5.81. The molecular weight excluding hydrogens is 403 g/mol. The summed E-state index contributed by atoms with van der Waals surface area (Å²) in [6.07, 6.45) is 0.426. The average molecular weight is 428 g/mol. The monoisotopic (exact) mass is 428 g/mol. The van der Waals surface area contributed by atoms with Crippen LogP contribution >= 0.6 is 0 Å². The molecule has 0 radical (unpaired) electrons. The van der Waals surface area contributed by atoms with Crippen molar-refractivity contribution >= 4 is 18.0 Å². The van der Waals surface area contributed by atoms with E-state index < -0.39 is 35.9 Å². The molecule has 2 amide bonds. The highest BCUT2D eigenvalue weighted by Crippen LogP contribution is 2.20. The predicted molar refractivity (Wildman–Crippen MR) is 110 cm³/mol. The first-order chi connectivity index (χ1) is 15.0. The Balaban J connectivity index is 1.63. The van der Waals surface area contributed by atoms with Crippen LogP contribution in [0.15, 0.2) is 54.6 Å². The van der Waals surface area contributed by atoms with E-state index in [1.165, 1.54) is 18.1 Å². The standard InChI is InChI=1S/C23H25FN2O5/c1-30-22(28)19(14-17-10-5-6-11-18(17)24)25-21(27)20-12-7-13-26(20)23(29)31-15-16-8-3-2-4-9-16/h2-6,8-11,19-20H,7,12-15H2,1H3,(H,25,27)/t19-,20+/m0/s1. The Morgan fingerprint density at radius 3 is 2.55 bits per heavy atom. The molecule has 0 unspecified atom stereocenters. The highest BCUT2D eigenvalue weighted by molar-refractivity contribution is 5.90. The number of ether oxygens (including phenoxy) is 2. The van der Waals surface area contributed by atoms with Crippen LogP contribution in [0.25, 0.3) is 0 Å². The third-order valence-electron chi connectivity index (χ3n) is 5.18. The molecule has 1 fully saturated rings. The van der Waals surface area contributed by atoms with Crippen LogP contribution in [0.3, 0.4) is 0 Å². The van der Waals surface area contributed by atoms with Gasteiger partial charge in [0, 0.05) is 13.0 Å². The molecule has 1 saturated heterocycles. The molecule has 1 aliphatic heterocycles. The van der Waals surface area contributed by atoms with Crippen molar-refractivity contribution in [1.29, 1.82) is 0 Å². The summed E-state index contributed by atoms with van der Waals surface area (Å²) < 4.78 is 24.1. The topological polar surface area (TPSA) is 84.9 Å². The number of carbonyl (C=O) groups excluding carboxylic acids is 3. The Labute approximate surface area is 180 Å². The van der Waals surface area contributed by atoms with Crippen LogP contribution in [0.4, 0.5) is 9.18 Å². The lowest BCUT2D eigenvalue weighted by molar-refractivity contribution is -0.145. The van der Waals surface area contributed by atoms with Crippen LogP contribution in [0.1, 0.15) is 24.0 Å². The van der Waals surface area contributed by atoms with Gasteiger partial charge in [0.1, 0.15) is 24.5 Å². The first kappa shape index (κ1) is 22.3. The number of esters is 1. The molecule has 1 heterocycles. The van der Waals surface area contributed by atoms with Crippen LogP contribution in [-0.4, -0.2) is 48.6 Å². The lowest BCUT2D eigenvalue weighted by Gasteiger charge is -2.25. The van der Waals surface area contributed by atoms with Crippen molar-refractivity contribution < 1.29 is 28.2 Å². The molecule has 2 aromatic rings. The number of benzene rings is 2. The van der Waals surface area contributed by atoms with E-state index in [1.807, 2.05) is 30.3 Å². The van der Waals surface area contributed by atoms with Crippen molar-refractivity contribution in [2.45, 2.75) is 38.0 Å². The van der Waals surface area contributed by atoms with Crippen molar-refractivity contribution in [2.24, 2.45) is 0 Å². The minimum Gasteiger partial charge on any atom is -0.467 e. The van der Waals surface area contributed by atoms with E-state index in [0.29, 0.717) is 19.4 Å². The van der Waals surface area contributed by atoms with Gasteiger partial charge in [-0.3, -0.25) is 9.69 Å². The molecule has 7 nitrogen and oxygen atoms in total.